The minimum absolute atomic E-state index is 0.0869. The van der Waals surface area contributed by atoms with Crippen LogP contribution < -0.4 is 5.32 Å². The van der Waals surface area contributed by atoms with Gasteiger partial charge in [-0.05, 0) is 50.1 Å². The topological polar surface area (TPSA) is 48.7 Å². The van der Waals surface area contributed by atoms with Crippen molar-refractivity contribution in [1.29, 1.82) is 5.26 Å². The molecule has 0 amide bonds. The zero-order chi connectivity index (χ0) is 14.7. The number of nitrogens with one attached hydrogen (secondary N) is 1. The van der Waals surface area contributed by atoms with Crippen molar-refractivity contribution < 1.29 is 0 Å². The van der Waals surface area contributed by atoms with E-state index in [0.717, 1.165) is 21.3 Å². The van der Waals surface area contributed by atoms with E-state index in [-0.39, 0.29) is 6.04 Å². The first-order valence-corrected chi connectivity index (χ1v) is 7.21. The normalized spacial score (nSPS) is 11.8. The summed E-state index contributed by atoms with van der Waals surface area (Å²) in [6.07, 6.45) is 0. The molecule has 4 heteroatoms. The van der Waals surface area contributed by atoms with Crippen molar-refractivity contribution in [1.82, 2.24) is 4.98 Å². The maximum Gasteiger partial charge on any atom is 0.144 e. The van der Waals surface area contributed by atoms with E-state index in [0.29, 0.717) is 11.4 Å². The molecular formula is C16H16BrN3. The maximum atomic E-state index is 9.27. The molecule has 0 aliphatic heterocycles. The summed E-state index contributed by atoms with van der Waals surface area (Å²) in [5.74, 6) is 0.653. The minimum atomic E-state index is 0.0869. The summed E-state index contributed by atoms with van der Waals surface area (Å²) in [6.45, 7) is 5.93. The second-order valence-electron chi connectivity index (χ2n) is 4.83. The summed E-state index contributed by atoms with van der Waals surface area (Å²) in [4.78, 5) is 4.44. The summed E-state index contributed by atoms with van der Waals surface area (Å²) in [6, 6.07) is 12.4. The molecular weight excluding hydrogens is 314 g/mol. The van der Waals surface area contributed by atoms with Gasteiger partial charge in [0, 0.05) is 16.2 Å². The predicted octanol–water partition coefficient (Wildman–Crippen LogP) is 4.51. The van der Waals surface area contributed by atoms with Crippen molar-refractivity contribution in [3.05, 3.63) is 57.2 Å². The first-order valence-electron chi connectivity index (χ1n) is 6.41. The monoisotopic (exact) mass is 329 g/mol. The number of halogens is 1. The lowest BCUT2D eigenvalue weighted by Crippen LogP contribution is -2.10. The molecule has 0 aliphatic carbocycles. The quantitative estimate of drug-likeness (QED) is 0.901. The van der Waals surface area contributed by atoms with E-state index in [1.54, 1.807) is 0 Å². The highest BCUT2D eigenvalue weighted by molar-refractivity contribution is 9.10. The highest BCUT2D eigenvalue weighted by atomic mass is 79.9. The number of benzene rings is 1. The van der Waals surface area contributed by atoms with Crippen LogP contribution in [0.5, 0.6) is 0 Å². The molecule has 1 unspecified atom stereocenters. The lowest BCUT2D eigenvalue weighted by atomic mass is 10.1. The zero-order valence-electron chi connectivity index (χ0n) is 11.7. The van der Waals surface area contributed by atoms with Crippen LogP contribution in [-0.2, 0) is 0 Å². The van der Waals surface area contributed by atoms with Gasteiger partial charge in [-0.25, -0.2) is 4.98 Å². The fourth-order valence-corrected chi connectivity index (χ4v) is 2.39. The van der Waals surface area contributed by atoms with Crippen molar-refractivity contribution in [2.75, 3.05) is 5.32 Å². The average Bonchev–Trinajstić information content (AvgIpc) is 2.39. The summed E-state index contributed by atoms with van der Waals surface area (Å²) in [7, 11) is 0. The molecule has 1 aromatic heterocycles. The Kier molecular flexibility index (Phi) is 4.41. The molecule has 102 valence electrons. The van der Waals surface area contributed by atoms with Crippen LogP contribution in [0.3, 0.4) is 0 Å². The van der Waals surface area contributed by atoms with Crippen molar-refractivity contribution in [3.8, 4) is 6.07 Å². The second kappa shape index (κ2) is 6.06. The Morgan fingerprint density at radius 3 is 2.50 bits per heavy atom. The van der Waals surface area contributed by atoms with Crippen LogP contribution in [-0.4, -0.2) is 4.98 Å². The van der Waals surface area contributed by atoms with Crippen molar-refractivity contribution >= 4 is 21.7 Å². The molecule has 20 heavy (non-hydrogen) atoms. The molecule has 0 fully saturated rings. The smallest absolute Gasteiger partial charge is 0.144 e. The number of anilines is 1. The van der Waals surface area contributed by atoms with Crippen molar-refractivity contribution in [2.24, 2.45) is 0 Å². The van der Waals surface area contributed by atoms with E-state index in [9.17, 15) is 5.26 Å². The molecule has 1 N–H and O–H groups in total. The standard InChI is InChI=1S/C16H16BrN3/c1-10-8-11(2)19-16(15(10)9-18)20-12(3)13-4-6-14(17)7-5-13/h4-8,12H,1-3H3,(H,19,20). The minimum Gasteiger partial charge on any atom is -0.362 e. The van der Waals surface area contributed by atoms with Gasteiger partial charge in [-0.15, -0.1) is 0 Å². The number of pyridine rings is 1. The van der Waals surface area contributed by atoms with E-state index in [1.807, 2.05) is 32.0 Å². The van der Waals surface area contributed by atoms with Gasteiger partial charge in [0.05, 0.1) is 5.56 Å². The molecule has 1 atom stereocenters. The Morgan fingerprint density at radius 2 is 1.90 bits per heavy atom. The largest absolute Gasteiger partial charge is 0.362 e. The number of nitriles is 1. The molecule has 1 aromatic carbocycles. The van der Waals surface area contributed by atoms with Crippen LogP contribution in [0.4, 0.5) is 5.82 Å². The molecule has 0 spiro atoms. The van der Waals surface area contributed by atoms with Crippen molar-refractivity contribution in [3.63, 3.8) is 0 Å². The fraction of sp³-hybridized carbons (Fsp3) is 0.250. The van der Waals surface area contributed by atoms with Gasteiger partial charge in [0.25, 0.3) is 0 Å². The summed E-state index contributed by atoms with van der Waals surface area (Å²) in [5, 5.41) is 12.6. The van der Waals surface area contributed by atoms with Crippen LogP contribution in [0.15, 0.2) is 34.8 Å². The molecule has 0 saturated heterocycles. The van der Waals surface area contributed by atoms with Gasteiger partial charge >= 0.3 is 0 Å². The first-order chi connectivity index (χ1) is 9.51. The van der Waals surface area contributed by atoms with Gasteiger partial charge in [0.15, 0.2) is 0 Å². The van der Waals surface area contributed by atoms with E-state index < -0.39 is 0 Å². The Balaban J connectivity index is 2.30. The van der Waals surface area contributed by atoms with Gasteiger partial charge < -0.3 is 5.32 Å². The lowest BCUT2D eigenvalue weighted by Gasteiger charge is -2.17. The molecule has 2 aromatic rings. The molecule has 1 heterocycles. The van der Waals surface area contributed by atoms with Gasteiger partial charge in [-0.2, -0.15) is 5.26 Å². The van der Waals surface area contributed by atoms with E-state index >= 15 is 0 Å². The molecule has 3 nitrogen and oxygen atoms in total. The van der Waals surface area contributed by atoms with Crippen molar-refractivity contribution in [2.45, 2.75) is 26.8 Å². The Morgan fingerprint density at radius 1 is 1.25 bits per heavy atom. The van der Waals surface area contributed by atoms with Crippen LogP contribution >= 0.6 is 15.9 Å². The fourth-order valence-electron chi connectivity index (χ4n) is 2.12. The Labute approximate surface area is 127 Å². The summed E-state index contributed by atoms with van der Waals surface area (Å²) < 4.78 is 1.05. The van der Waals surface area contributed by atoms with Crippen LogP contribution in [0.2, 0.25) is 0 Å². The summed E-state index contributed by atoms with van der Waals surface area (Å²) >= 11 is 3.43. The Hall–Kier alpha value is -1.86. The Bertz CT molecular complexity index is 657. The predicted molar refractivity (Wildman–Crippen MR) is 84.6 cm³/mol. The van der Waals surface area contributed by atoms with Gasteiger partial charge in [-0.1, -0.05) is 28.1 Å². The van der Waals surface area contributed by atoms with E-state index in [1.165, 1.54) is 0 Å². The average molecular weight is 330 g/mol. The highest BCUT2D eigenvalue weighted by Gasteiger charge is 2.12. The third-order valence-corrected chi connectivity index (χ3v) is 3.71. The van der Waals surface area contributed by atoms with Crippen LogP contribution in [0, 0.1) is 25.2 Å². The number of rotatable bonds is 3. The number of aromatic nitrogens is 1. The van der Waals surface area contributed by atoms with E-state index in [2.05, 4.69) is 51.4 Å². The molecule has 2 rings (SSSR count). The third-order valence-electron chi connectivity index (χ3n) is 3.18. The second-order valence-corrected chi connectivity index (χ2v) is 5.75. The molecule has 0 saturated carbocycles. The SMILES string of the molecule is Cc1cc(C)c(C#N)c(NC(C)c2ccc(Br)cc2)n1. The molecule has 0 aliphatic rings. The third kappa shape index (κ3) is 3.17. The maximum absolute atomic E-state index is 9.27. The lowest BCUT2D eigenvalue weighted by molar-refractivity contribution is 0.870. The number of hydrogen-bond donors (Lipinski definition) is 1. The number of nitrogens with zero attached hydrogens (tertiary/aromatic N) is 2. The first kappa shape index (κ1) is 14.5. The van der Waals surface area contributed by atoms with Gasteiger partial charge in [-0.3, -0.25) is 0 Å². The zero-order valence-corrected chi connectivity index (χ0v) is 13.3. The number of hydrogen-bond acceptors (Lipinski definition) is 3. The summed E-state index contributed by atoms with van der Waals surface area (Å²) in [5.41, 5.74) is 3.62. The number of aryl methyl sites for hydroxylation is 2. The van der Waals surface area contributed by atoms with Gasteiger partial charge in [0.1, 0.15) is 11.9 Å². The highest BCUT2D eigenvalue weighted by Crippen LogP contribution is 2.24. The van der Waals surface area contributed by atoms with Gasteiger partial charge in [0.2, 0.25) is 0 Å². The van der Waals surface area contributed by atoms with Crippen LogP contribution in [0.25, 0.3) is 0 Å². The molecule has 0 radical (unpaired) electrons. The molecule has 0 bridgehead atoms. The van der Waals surface area contributed by atoms with Crippen LogP contribution in [0.1, 0.15) is 35.3 Å². The van der Waals surface area contributed by atoms with E-state index in [4.69, 9.17) is 0 Å².